The van der Waals surface area contributed by atoms with E-state index in [0.717, 1.165) is 21.7 Å². The Morgan fingerprint density at radius 1 is 1.09 bits per heavy atom. The average Bonchev–Trinajstić information content (AvgIpc) is 2.56. The number of aromatic nitrogens is 2. The van der Waals surface area contributed by atoms with Crippen LogP contribution in [0, 0.1) is 0 Å². The summed E-state index contributed by atoms with van der Waals surface area (Å²) in [6.07, 6.45) is 3.43. The van der Waals surface area contributed by atoms with Crippen LogP contribution in [-0.2, 0) is 0 Å². The molecule has 0 unspecified atom stereocenters. The first kappa shape index (κ1) is 14.5. The lowest BCUT2D eigenvalue weighted by molar-refractivity contribution is 0.102. The molecule has 2 heterocycles. The van der Waals surface area contributed by atoms with Crippen LogP contribution < -0.4 is 5.32 Å². The summed E-state index contributed by atoms with van der Waals surface area (Å²) < 4.78 is 0. The van der Waals surface area contributed by atoms with Crippen LogP contribution in [0.15, 0.2) is 59.9 Å². The molecule has 0 spiro atoms. The smallest absolute Gasteiger partial charge is 0.258 e. The van der Waals surface area contributed by atoms with Crippen molar-refractivity contribution < 1.29 is 4.79 Å². The van der Waals surface area contributed by atoms with E-state index in [4.69, 9.17) is 0 Å². The molecule has 0 aliphatic carbocycles. The molecule has 0 aliphatic heterocycles. The van der Waals surface area contributed by atoms with Crippen LogP contribution in [0.1, 0.15) is 17.3 Å². The van der Waals surface area contributed by atoms with Crippen molar-refractivity contribution in [3.63, 3.8) is 0 Å². The Morgan fingerprint density at radius 2 is 1.86 bits per heavy atom. The minimum atomic E-state index is -0.165. The molecule has 0 atom stereocenters. The number of rotatable bonds is 4. The third-order valence-electron chi connectivity index (χ3n) is 3.18. The molecule has 1 N–H and O–H groups in total. The van der Waals surface area contributed by atoms with Gasteiger partial charge in [0.05, 0.1) is 16.8 Å². The quantitative estimate of drug-likeness (QED) is 0.740. The summed E-state index contributed by atoms with van der Waals surface area (Å²) >= 11 is 1.56. The second kappa shape index (κ2) is 6.58. The van der Waals surface area contributed by atoms with Crippen LogP contribution in [0.25, 0.3) is 10.9 Å². The molecule has 5 heteroatoms. The van der Waals surface area contributed by atoms with Crippen molar-refractivity contribution >= 4 is 34.3 Å². The van der Waals surface area contributed by atoms with Crippen LogP contribution in [0.2, 0.25) is 0 Å². The van der Waals surface area contributed by atoms with Gasteiger partial charge in [0.1, 0.15) is 5.03 Å². The summed E-state index contributed by atoms with van der Waals surface area (Å²) in [5, 5.41) is 4.69. The molecular formula is C17H15N3OS. The SMILES string of the molecule is CCSc1ncccc1C(=O)Nc1cccc2cccnc12. The number of para-hydroxylation sites is 1. The third-order valence-corrected chi connectivity index (χ3v) is 4.07. The lowest BCUT2D eigenvalue weighted by Gasteiger charge is -2.10. The maximum atomic E-state index is 12.6. The van der Waals surface area contributed by atoms with Gasteiger partial charge in [-0.15, -0.1) is 11.8 Å². The summed E-state index contributed by atoms with van der Waals surface area (Å²) in [5.74, 6) is 0.704. The van der Waals surface area contributed by atoms with Crippen LogP contribution in [0.4, 0.5) is 5.69 Å². The zero-order chi connectivity index (χ0) is 15.4. The molecule has 1 amide bonds. The molecule has 0 fully saturated rings. The van der Waals surface area contributed by atoms with Crippen molar-refractivity contribution in [3.05, 3.63) is 60.4 Å². The van der Waals surface area contributed by atoms with Crippen molar-refractivity contribution in [2.45, 2.75) is 11.9 Å². The van der Waals surface area contributed by atoms with Crippen LogP contribution in [-0.4, -0.2) is 21.6 Å². The Balaban J connectivity index is 1.94. The Hall–Kier alpha value is -2.40. The molecule has 22 heavy (non-hydrogen) atoms. The number of nitrogens with one attached hydrogen (secondary N) is 1. The topological polar surface area (TPSA) is 54.9 Å². The molecule has 110 valence electrons. The Labute approximate surface area is 133 Å². The highest BCUT2D eigenvalue weighted by atomic mass is 32.2. The van der Waals surface area contributed by atoms with Gasteiger partial charge in [0.15, 0.2) is 0 Å². The maximum Gasteiger partial charge on any atom is 0.258 e. The van der Waals surface area contributed by atoms with Crippen molar-refractivity contribution in [3.8, 4) is 0 Å². The normalized spacial score (nSPS) is 10.6. The summed E-state index contributed by atoms with van der Waals surface area (Å²) in [5.41, 5.74) is 2.08. The fourth-order valence-electron chi connectivity index (χ4n) is 2.21. The van der Waals surface area contributed by atoms with Gasteiger partial charge in [-0.3, -0.25) is 9.78 Å². The molecule has 3 rings (SSSR count). The second-order valence-electron chi connectivity index (χ2n) is 4.62. The third kappa shape index (κ3) is 2.94. The minimum Gasteiger partial charge on any atom is -0.320 e. The fourth-order valence-corrected chi connectivity index (χ4v) is 2.94. The summed E-state index contributed by atoms with van der Waals surface area (Å²) in [6, 6.07) is 13.2. The molecular weight excluding hydrogens is 294 g/mol. The molecule has 4 nitrogen and oxygen atoms in total. The molecule has 2 aromatic heterocycles. The van der Waals surface area contributed by atoms with Gasteiger partial charge in [0, 0.05) is 17.8 Å². The van der Waals surface area contributed by atoms with E-state index in [1.165, 1.54) is 0 Å². The van der Waals surface area contributed by atoms with Crippen LogP contribution >= 0.6 is 11.8 Å². The van der Waals surface area contributed by atoms with Gasteiger partial charge in [0.2, 0.25) is 0 Å². The van der Waals surface area contributed by atoms with Crippen LogP contribution in [0.3, 0.4) is 0 Å². The Kier molecular flexibility index (Phi) is 4.34. The number of hydrogen-bond acceptors (Lipinski definition) is 4. The van der Waals surface area contributed by atoms with E-state index in [-0.39, 0.29) is 5.91 Å². The lowest BCUT2D eigenvalue weighted by Crippen LogP contribution is -2.14. The summed E-state index contributed by atoms with van der Waals surface area (Å²) in [4.78, 5) is 21.2. The van der Waals surface area contributed by atoms with Gasteiger partial charge in [-0.2, -0.15) is 0 Å². The number of anilines is 1. The predicted molar refractivity (Wildman–Crippen MR) is 90.3 cm³/mol. The van der Waals surface area contributed by atoms with Gasteiger partial charge in [-0.1, -0.05) is 25.1 Å². The monoisotopic (exact) mass is 309 g/mol. The van der Waals surface area contributed by atoms with Gasteiger partial charge < -0.3 is 5.32 Å². The van der Waals surface area contributed by atoms with Gasteiger partial charge in [-0.25, -0.2) is 4.98 Å². The van der Waals surface area contributed by atoms with E-state index >= 15 is 0 Å². The highest BCUT2D eigenvalue weighted by Gasteiger charge is 2.13. The van der Waals surface area contributed by atoms with Gasteiger partial charge >= 0.3 is 0 Å². The Bertz CT molecular complexity index is 814. The maximum absolute atomic E-state index is 12.6. The van der Waals surface area contributed by atoms with Crippen molar-refractivity contribution in [1.82, 2.24) is 9.97 Å². The molecule has 3 aromatic rings. The second-order valence-corrected chi connectivity index (χ2v) is 5.88. The zero-order valence-corrected chi connectivity index (χ0v) is 12.9. The minimum absolute atomic E-state index is 0.165. The number of amides is 1. The average molecular weight is 309 g/mol. The van der Waals surface area contributed by atoms with E-state index in [1.807, 2.05) is 37.3 Å². The first-order valence-corrected chi connectivity index (χ1v) is 8.01. The van der Waals surface area contributed by atoms with Crippen molar-refractivity contribution in [1.29, 1.82) is 0 Å². The van der Waals surface area contributed by atoms with Crippen molar-refractivity contribution in [2.75, 3.05) is 11.1 Å². The van der Waals surface area contributed by atoms with E-state index in [9.17, 15) is 4.79 Å². The number of carbonyl (C=O) groups is 1. The number of benzene rings is 1. The van der Waals surface area contributed by atoms with Gasteiger partial charge in [-0.05, 0) is 30.0 Å². The first-order valence-electron chi connectivity index (χ1n) is 7.02. The fraction of sp³-hybridized carbons (Fsp3) is 0.118. The summed E-state index contributed by atoms with van der Waals surface area (Å²) in [7, 11) is 0. The number of nitrogens with zero attached hydrogens (tertiary/aromatic N) is 2. The number of hydrogen-bond donors (Lipinski definition) is 1. The van der Waals surface area contributed by atoms with E-state index in [1.54, 1.807) is 36.3 Å². The zero-order valence-electron chi connectivity index (χ0n) is 12.1. The van der Waals surface area contributed by atoms with Crippen molar-refractivity contribution in [2.24, 2.45) is 0 Å². The highest BCUT2D eigenvalue weighted by molar-refractivity contribution is 7.99. The molecule has 0 saturated heterocycles. The lowest BCUT2D eigenvalue weighted by atomic mass is 10.2. The largest absolute Gasteiger partial charge is 0.320 e. The number of carbonyl (C=O) groups excluding carboxylic acids is 1. The number of pyridine rings is 2. The van der Waals surface area contributed by atoms with E-state index in [0.29, 0.717) is 11.3 Å². The van der Waals surface area contributed by atoms with E-state index < -0.39 is 0 Å². The summed E-state index contributed by atoms with van der Waals surface area (Å²) in [6.45, 7) is 2.04. The van der Waals surface area contributed by atoms with Gasteiger partial charge in [0.25, 0.3) is 5.91 Å². The molecule has 0 bridgehead atoms. The van der Waals surface area contributed by atoms with E-state index in [2.05, 4.69) is 15.3 Å². The highest BCUT2D eigenvalue weighted by Crippen LogP contribution is 2.24. The molecule has 0 saturated carbocycles. The predicted octanol–water partition coefficient (Wildman–Crippen LogP) is 3.99. The first-order chi connectivity index (χ1) is 10.8. The number of fused-ring (bicyclic) bond motifs is 1. The molecule has 0 radical (unpaired) electrons. The molecule has 0 aliphatic rings. The van der Waals surface area contributed by atoms with Crippen LogP contribution in [0.5, 0.6) is 0 Å². The molecule has 1 aromatic carbocycles. The Morgan fingerprint density at radius 3 is 2.73 bits per heavy atom. The number of thioether (sulfide) groups is 1. The standard InChI is InChI=1S/C17H15N3OS/c1-2-22-17-13(8-5-11-19-17)16(21)20-14-9-3-6-12-7-4-10-18-15(12)14/h3-11H,2H2,1H3,(H,20,21).